The predicted octanol–water partition coefficient (Wildman–Crippen LogP) is 3.68. The molecule has 3 aliphatic heterocycles. The smallest absolute Gasteiger partial charge is 0.250 e. The van der Waals surface area contributed by atoms with E-state index in [1.165, 1.54) is 4.90 Å². The van der Waals surface area contributed by atoms with Gasteiger partial charge in [0.05, 0.1) is 41.3 Å². The fraction of sp³-hybridized carbons (Fsp3) is 0.444. The monoisotopic (exact) mass is 589 g/mol. The first-order valence-electron chi connectivity index (χ1n) is 12.4. The van der Waals surface area contributed by atoms with Gasteiger partial charge in [0, 0.05) is 10.5 Å². The average Bonchev–Trinajstić information content (AvgIpc) is 3.45. The number of amides is 3. The Balaban J connectivity index is 1.55. The lowest BCUT2D eigenvalue weighted by Crippen LogP contribution is -2.57. The van der Waals surface area contributed by atoms with Gasteiger partial charge in [0.15, 0.2) is 0 Å². The van der Waals surface area contributed by atoms with E-state index in [9.17, 15) is 19.5 Å². The van der Waals surface area contributed by atoms with Crippen molar-refractivity contribution >= 4 is 56.6 Å². The Hall–Kier alpha value is -2.46. The molecule has 3 amide bonds. The minimum Gasteiger partial charge on any atom is -0.394 e. The van der Waals surface area contributed by atoms with Gasteiger partial charge in [0.25, 0.3) is 0 Å². The maximum atomic E-state index is 14.1. The Labute approximate surface area is 228 Å². The van der Waals surface area contributed by atoms with E-state index in [2.05, 4.69) is 26.6 Å². The van der Waals surface area contributed by atoms with E-state index in [1.807, 2.05) is 32.0 Å². The summed E-state index contributed by atoms with van der Waals surface area (Å²) in [7, 11) is 0. The van der Waals surface area contributed by atoms with Crippen molar-refractivity contribution in [3.63, 3.8) is 0 Å². The van der Waals surface area contributed by atoms with Crippen LogP contribution in [-0.4, -0.2) is 63.0 Å². The number of para-hydroxylation sites is 2. The molecule has 0 aliphatic carbocycles. The average molecular weight is 591 g/mol. The minimum atomic E-state index is -1.23. The van der Waals surface area contributed by atoms with E-state index in [0.717, 1.165) is 0 Å². The van der Waals surface area contributed by atoms with Gasteiger partial charge in [-0.1, -0.05) is 71.7 Å². The van der Waals surface area contributed by atoms with Crippen LogP contribution in [0.1, 0.15) is 20.3 Å². The van der Waals surface area contributed by atoms with Crippen molar-refractivity contribution < 1.29 is 24.2 Å². The summed E-state index contributed by atoms with van der Waals surface area (Å²) in [5.41, 5.74) is -0.212. The van der Waals surface area contributed by atoms with Crippen LogP contribution in [-0.2, 0) is 19.1 Å². The van der Waals surface area contributed by atoms with Gasteiger partial charge in [-0.25, -0.2) is 0 Å². The van der Waals surface area contributed by atoms with Gasteiger partial charge in [-0.15, -0.1) is 0 Å². The molecule has 10 heteroatoms. The highest BCUT2D eigenvalue weighted by Crippen LogP contribution is 2.60. The van der Waals surface area contributed by atoms with Crippen molar-refractivity contribution in [1.82, 2.24) is 4.90 Å². The van der Waals surface area contributed by atoms with Crippen LogP contribution in [0.15, 0.2) is 54.6 Å². The number of nitrogens with zero attached hydrogens (tertiary/aromatic N) is 1. The number of likely N-dealkylation sites (tertiary alicyclic amines) is 1. The van der Waals surface area contributed by atoms with E-state index in [4.69, 9.17) is 16.3 Å². The highest BCUT2D eigenvalue weighted by molar-refractivity contribution is 9.09. The van der Waals surface area contributed by atoms with Crippen LogP contribution in [0, 0.1) is 17.8 Å². The number of anilines is 2. The second kappa shape index (κ2) is 10.0. The van der Waals surface area contributed by atoms with Gasteiger partial charge in [-0.2, -0.15) is 0 Å². The number of aliphatic hydroxyl groups is 1. The van der Waals surface area contributed by atoms with Crippen LogP contribution >= 0.6 is 27.5 Å². The molecule has 37 heavy (non-hydrogen) atoms. The number of alkyl halides is 1. The second-order valence-corrected chi connectivity index (χ2v) is 11.8. The number of nitrogens with one attached hydrogen (secondary N) is 2. The minimum absolute atomic E-state index is 0.145. The standard InChI is InChI=1S/C27H29BrClN3O5/c1-14(2)19(13-33)32-23(25(35)31-18-11-7-6-10-17(18)29)27-12-16(28)22(37-27)20(21(27)26(32)36)24(34)30-15-8-4-3-5-9-15/h3-11,14,16,19-23,33H,12-13H2,1-2H3,(H,30,34)(H,31,35)/t16?,19-,20-,21-,22-,23?,27?/m0/s1. The molecule has 0 radical (unpaired) electrons. The van der Waals surface area contributed by atoms with Crippen LogP contribution in [0.25, 0.3) is 0 Å². The molecule has 7 atom stereocenters. The normalized spacial score (nSPS) is 30.9. The van der Waals surface area contributed by atoms with Gasteiger partial charge < -0.3 is 25.4 Å². The maximum Gasteiger partial charge on any atom is 0.250 e. The summed E-state index contributed by atoms with van der Waals surface area (Å²) >= 11 is 9.97. The molecule has 0 saturated carbocycles. The lowest BCUT2D eigenvalue weighted by molar-refractivity contribution is -0.144. The van der Waals surface area contributed by atoms with Crippen molar-refractivity contribution in [2.45, 2.75) is 48.9 Å². The highest BCUT2D eigenvalue weighted by Gasteiger charge is 2.77. The van der Waals surface area contributed by atoms with Crippen LogP contribution in [0.2, 0.25) is 5.02 Å². The fourth-order valence-electron chi connectivity index (χ4n) is 6.15. The molecule has 3 unspecified atom stereocenters. The lowest BCUT2D eigenvalue weighted by Gasteiger charge is -2.38. The number of carbonyl (C=O) groups excluding carboxylic acids is 3. The molecular weight excluding hydrogens is 562 g/mol. The molecule has 2 aromatic carbocycles. The molecule has 8 nitrogen and oxygen atoms in total. The van der Waals surface area contributed by atoms with Crippen LogP contribution in [0.5, 0.6) is 0 Å². The Morgan fingerprint density at radius 1 is 1.14 bits per heavy atom. The van der Waals surface area contributed by atoms with E-state index >= 15 is 0 Å². The number of benzene rings is 2. The summed E-state index contributed by atoms with van der Waals surface area (Å²) in [6, 6.07) is 14.2. The first kappa shape index (κ1) is 26.2. The van der Waals surface area contributed by atoms with Crippen LogP contribution in [0.3, 0.4) is 0 Å². The van der Waals surface area contributed by atoms with Crippen molar-refractivity contribution in [2.24, 2.45) is 17.8 Å². The SMILES string of the molecule is CC(C)[C@H](CO)N1C(=O)[C@@H]2[C@H](C(=O)Nc3ccccc3)[C@H]3OC2(CC3Br)C1C(=O)Nc1ccccc1Cl. The number of halogens is 2. The number of fused-ring (bicyclic) bond motifs is 1. The Bertz CT molecular complexity index is 1210. The van der Waals surface area contributed by atoms with Gasteiger partial charge >= 0.3 is 0 Å². The number of aliphatic hydroxyl groups excluding tert-OH is 1. The molecule has 3 aliphatic rings. The molecule has 3 N–H and O–H groups in total. The number of carbonyl (C=O) groups is 3. The van der Waals surface area contributed by atoms with Gasteiger partial charge in [0.1, 0.15) is 11.6 Å². The summed E-state index contributed by atoms with van der Waals surface area (Å²) in [5, 5.41) is 16.4. The van der Waals surface area contributed by atoms with Crippen molar-refractivity contribution in [2.75, 3.05) is 17.2 Å². The van der Waals surface area contributed by atoms with E-state index < -0.39 is 41.5 Å². The number of hydrogen-bond acceptors (Lipinski definition) is 5. The molecule has 0 aromatic heterocycles. The fourth-order valence-corrected chi connectivity index (χ4v) is 7.28. The van der Waals surface area contributed by atoms with Gasteiger partial charge in [-0.05, 0) is 36.6 Å². The lowest BCUT2D eigenvalue weighted by atomic mass is 9.70. The highest BCUT2D eigenvalue weighted by atomic mass is 79.9. The van der Waals surface area contributed by atoms with Crippen LogP contribution < -0.4 is 10.6 Å². The predicted molar refractivity (Wildman–Crippen MR) is 143 cm³/mol. The van der Waals surface area contributed by atoms with Gasteiger partial charge in [0.2, 0.25) is 17.7 Å². The van der Waals surface area contributed by atoms with E-state index in [1.54, 1.807) is 36.4 Å². The molecular formula is C27H29BrClN3O5. The molecule has 2 aromatic rings. The first-order valence-corrected chi connectivity index (χ1v) is 13.6. The summed E-state index contributed by atoms with van der Waals surface area (Å²) < 4.78 is 6.50. The zero-order valence-corrected chi connectivity index (χ0v) is 22.8. The summed E-state index contributed by atoms with van der Waals surface area (Å²) in [4.78, 5) is 42.8. The third kappa shape index (κ3) is 4.26. The molecule has 2 bridgehead atoms. The zero-order valence-electron chi connectivity index (χ0n) is 20.4. The molecule has 196 valence electrons. The maximum absolute atomic E-state index is 14.1. The summed E-state index contributed by atoms with van der Waals surface area (Å²) in [6.45, 7) is 3.44. The number of hydrogen-bond donors (Lipinski definition) is 3. The van der Waals surface area contributed by atoms with E-state index in [0.29, 0.717) is 22.8 Å². The molecule has 5 rings (SSSR count). The Morgan fingerprint density at radius 2 is 1.81 bits per heavy atom. The topological polar surface area (TPSA) is 108 Å². The largest absolute Gasteiger partial charge is 0.394 e. The summed E-state index contributed by atoms with van der Waals surface area (Å²) in [5.74, 6) is -2.98. The first-order chi connectivity index (χ1) is 17.7. The zero-order chi connectivity index (χ0) is 26.5. The molecule has 1 spiro atoms. The third-order valence-corrected chi connectivity index (χ3v) is 8.94. The van der Waals surface area contributed by atoms with Crippen LogP contribution in [0.4, 0.5) is 11.4 Å². The molecule has 3 heterocycles. The number of ether oxygens (including phenoxy) is 1. The van der Waals surface area contributed by atoms with Crippen molar-refractivity contribution in [3.05, 3.63) is 59.6 Å². The van der Waals surface area contributed by atoms with Crippen molar-refractivity contribution in [3.8, 4) is 0 Å². The Morgan fingerprint density at radius 3 is 2.46 bits per heavy atom. The van der Waals surface area contributed by atoms with Crippen molar-refractivity contribution in [1.29, 1.82) is 0 Å². The third-order valence-electron chi connectivity index (χ3n) is 7.77. The molecule has 3 fully saturated rings. The quantitative estimate of drug-likeness (QED) is 0.427. The van der Waals surface area contributed by atoms with E-state index in [-0.39, 0.29) is 29.2 Å². The van der Waals surface area contributed by atoms with Gasteiger partial charge in [-0.3, -0.25) is 14.4 Å². The second-order valence-electron chi connectivity index (χ2n) is 10.2. The molecule has 3 saturated heterocycles. The number of rotatable bonds is 7. The Kier molecular flexibility index (Phi) is 7.08. The summed E-state index contributed by atoms with van der Waals surface area (Å²) in [6.07, 6.45) is -0.210.